The fraction of sp³-hybridized carbons (Fsp3) is 0.333. The van der Waals surface area contributed by atoms with E-state index in [4.69, 9.17) is 4.74 Å². The highest BCUT2D eigenvalue weighted by Crippen LogP contribution is 2.26. The van der Waals surface area contributed by atoms with Gasteiger partial charge in [0.2, 0.25) is 0 Å². The molecule has 3 heteroatoms. The predicted octanol–water partition coefficient (Wildman–Crippen LogP) is 4.21. The summed E-state index contributed by atoms with van der Waals surface area (Å²) in [6, 6.07) is 15.8. The van der Waals surface area contributed by atoms with E-state index in [1.54, 1.807) is 13.2 Å². The van der Waals surface area contributed by atoms with Crippen molar-refractivity contribution in [2.45, 2.75) is 26.3 Å². The Bertz CT molecular complexity index is 554. The summed E-state index contributed by atoms with van der Waals surface area (Å²) >= 11 is 0. The van der Waals surface area contributed by atoms with Crippen LogP contribution in [0.2, 0.25) is 0 Å². The Balaban J connectivity index is 2.18. The van der Waals surface area contributed by atoms with E-state index in [9.17, 15) is 5.11 Å². The molecule has 0 radical (unpaired) electrons. The number of unbranched alkanes of at least 4 members (excludes halogenated alkanes) is 1. The molecule has 3 nitrogen and oxygen atoms in total. The number of nitrogens with zero attached hydrogens (tertiary/aromatic N) is 1. The van der Waals surface area contributed by atoms with Crippen molar-refractivity contribution < 1.29 is 9.84 Å². The molecule has 1 N–H and O–H groups in total. The molecule has 0 amide bonds. The first-order valence-corrected chi connectivity index (χ1v) is 7.40. The van der Waals surface area contributed by atoms with Gasteiger partial charge in [-0.2, -0.15) is 0 Å². The molecular weight excluding hydrogens is 262 g/mol. The van der Waals surface area contributed by atoms with Crippen LogP contribution in [-0.4, -0.2) is 18.8 Å². The van der Waals surface area contributed by atoms with Gasteiger partial charge in [0.15, 0.2) is 0 Å². The van der Waals surface area contributed by atoms with Crippen molar-refractivity contribution in [3.8, 4) is 11.5 Å². The van der Waals surface area contributed by atoms with Crippen molar-refractivity contribution in [2.75, 3.05) is 18.6 Å². The number of phenolic OH excluding ortho intramolecular Hbond substituents is 1. The minimum atomic E-state index is 0.284. The van der Waals surface area contributed by atoms with E-state index in [2.05, 4.69) is 24.0 Å². The van der Waals surface area contributed by atoms with E-state index in [0.717, 1.165) is 24.9 Å². The maximum Gasteiger partial charge on any atom is 0.124 e. The molecule has 0 heterocycles. The van der Waals surface area contributed by atoms with Crippen LogP contribution in [0, 0.1) is 0 Å². The van der Waals surface area contributed by atoms with Crippen LogP contribution in [0.3, 0.4) is 0 Å². The number of phenols is 1. The minimum Gasteiger partial charge on any atom is -0.507 e. The van der Waals surface area contributed by atoms with Gasteiger partial charge in [0.1, 0.15) is 11.5 Å². The first kappa shape index (κ1) is 15.2. The lowest BCUT2D eigenvalue weighted by atomic mass is 10.1. The van der Waals surface area contributed by atoms with E-state index in [-0.39, 0.29) is 5.75 Å². The Morgan fingerprint density at radius 2 is 1.86 bits per heavy atom. The van der Waals surface area contributed by atoms with Crippen molar-refractivity contribution in [1.82, 2.24) is 0 Å². The van der Waals surface area contributed by atoms with Crippen molar-refractivity contribution in [1.29, 1.82) is 0 Å². The van der Waals surface area contributed by atoms with E-state index in [1.165, 1.54) is 5.69 Å². The number of ether oxygens (including phenoxy) is 1. The standard InChI is InChI=1S/C18H23NO2/c1-3-4-12-19(16-8-6-5-7-9-16)14-15-10-11-17(21-2)13-18(15)20/h5-11,13,20H,3-4,12,14H2,1-2H3. The summed E-state index contributed by atoms with van der Waals surface area (Å²) in [5, 5.41) is 10.1. The maximum absolute atomic E-state index is 10.1. The zero-order chi connectivity index (χ0) is 15.1. The van der Waals surface area contributed by atoms with Gasteiger partial charge in [-0.15, -0.1) is 0 Å². The predicted molar refractivity (Wildman–Crippen MR) is 87.1 cm³/mol. The smallest absolute Gasteiger partial charge is 0.124 e. The fourth-order valence-electron chi connectivity index (χ4n) is 2.30. The van der Waals surface area contributed by atoms with Gasteiger partial charge in [-0.3, -0.25) is 0 Å². The molecule has 0 aliphatic carbocycles. The summed E-state index contributed by atoms with van der Waals surface area (Å²) in [5.41, 5.74) is 2.09. The Morgan fingerprint density at radius 1 is 1.10 bits per heavy atom. The second kappa shape index (κ2) is 7.58. The van der Waals surface area contributed by atoms with Crippen molar-refractivity contribution >= 4 is 5.69 Å². The zero-order valence-corrected chi connectivity index (χ0v) is 12.7. The quantitative estimate of drug-likeness (QED) is 0.827. The number of aromatic hydroxyl groups is 1. The summed E-state index contributed by atoms with van der Waals surface area (Å²) in [6.45, 7) is 3.86. The van der Waals surface area contributed by atoms with Crippen LogP contribution in [0.1, 0.15) is 25.3 Å². The number of anilines is 1. The molecule has 0 saturated heterocycles. The van der Waals surface area contributed by atoms with Crippen LogP contribution in [0.4, 0.5) is 5.69 Å². The van der Waals surface area contributed by atoms with Crippen molar-refractivity contribution in [2.24, 2.45) is 0 Å². The number of benzene rings is 2. The molecular formula is C18H23NO2. The number of methoxy groups -OCH3 is 1. The van der Waals surface area contributed by atoms with E-state index >= 15 is 0 Å². The summed E-state index contributed by atoms with van der Waals surface area (Å²) in [7, 11) is 1.60. The molecule has 0 atom stereocenters. The average Bonchev–Trinajstić information content (AvgIpc) is 2.53. The van der Waals surface area contributed by atoms with E-state index in [1.807, 2.05) is 30.3 Å². The third-order valence-electron chi connectivity index (χ3n) is 3.56. The maximum atomic E-state index is 10.1. The summed E-state index contributed by atoms with van der Waals surface area (Å²) in [6.07, 6.45) is 2.28. The third kappa shape index (κ3) is 4.15. The van der Waals surface area contributed by atoms with Crippen molar-refractivity contribution in [3.63, 3.8) is 0 Å². The second-order valence-corrected chi connectivity index (χ2v) is 5.11. The lowest BCUT2D eigenvalue weighted by molar-refractivity contribution is 0.406. The highest BCUT2D eigenvalue weighted by molar-refractivity contribution is 5.49. The van der Waals surface area contributed by atoms with Gasteiger partial charge < -0.3 is 14.7 Å². The molecule has 2 aromatic rings. The molecule has 2 rings (SSSR count). The lowest BCUT2D eigenvalue weighted by Crippen LogP contribution is -2.23. The van der Waals surface area contributed by atoms with Gasteiger partial charge in [-0.25, -0.2) is 0 Å². The van der Waals surface area contributed by atoms with Crippen LogP contribution in [-0.2, 0) is 6.54 Å². The summed E-state index contributed by atoms with van der Waals surface area (Å²) in [4.78, 5) is 2.30. The van der Waals surface area contributed by atoms with Crippen LogP contribution in [0.5, 0.6) is 11.5 Å². The van der Waals surface area contributed by atoms with Gasteiger partial charge in [-0.05, 0) is 30.7 Å². The first-order valence-electron chi connectivity index (χ1n) is 7.40. The van der Waals surface area contributed by atoms with Crippen LogP contribution in [0.25, 0.3) is 0 Å². The number of hydrogen-bond donors (Lipinski definition) is 1. The Morgan fingerprint density at radius 3 is 2.48 bits per heavy atom. The normalized spacial score (nSPS) is 10.4. The number of rotatable bonds is 7. The third-order valence-corrected chi connectivity index (χ3v) is 3.56. The van der Waals surface area contributed by atoms with Crippen LogP contribution < -0.4 is 9.64 Å². The molecule has 0 fully saturated rings. The SMILES string of the molecule is CCCCN(Cc1ccc(OC)cc1O)c1ccccc1. The summed E-state index contributed by atoms with van der Waals surface area (Å²) in [5.74, 6) is 0.961. The molecule has 0 aliphatic rings. The second-order valence-electron chi connectivity index (χ2n) is 5.11. The van der Waals surface area contributed by atoms with Gasteiger partial charge in [0, 0.05) is 30.4 Å². The van der Waals surface area contributed by atoms with Crippen molar-refractivity contribution in [3.05, 3.63) is 54.1 Å². The Labute approximate surface area is 126 Å². The van der Waals surface area contributed by atoms with Crippen LogP contribution in [0.15, 0.2) is 48.5 Å². The Kier molecular flexibility index (Phi) is 5.50. The zero-order valence-electron chi connectivity index (χ0n) is 12.7. The molecule has 0 spiro atoms. The molecule has 0 aromatic heterocycles. The largest absolute Gasteiger partial charge is 0.507 e. The van der Waals surface area contributed by atoms with E-state index in [0.29, 0.717) is 12.3 Å². The van der Waals surface area contributed by atoms with Gasteiger partial charge >= 0.3 is 0 Å². The molecule has 112 valence electrons. The highest BCUT2D eigenvalue weighted by atomic mass is 16.5. The number of para-hydroxylation sites is 1. The summed E-state index contributed by atoms with van der Waals surface area (Å²) < 4.78 is 5.13. The number of hydrogen-bond acceptors (Lipinski definition) is 3. The fourth-order valence-corrected chi connectivity index (χ4v) is 2.30. The molecule has 2 aromatic carbocycles. The highest BCUT2D eigenvalue weighted by Gasteiger charge is 2.10. The van der Waals surface area contributed by atoms with Gasteiger partial charge in [0.05, 0.1) is 7.11 Å². The van der Waals surface area contributed by atoms with Gasteiger partial charge in [-0.1, -0.05) is 31.5 Å². The lowest BCUT2D eigenvalue weighted by Gasteiger charge is -2.25. The molecule has 0 aliphatic heterocycles. The van der Waals surface area contributed by atoms with Crippen LogP contribution >= 0.6 is 0 Å². The Hall–Kier alpha value is -2.16. The molecule has 21 heavy (non-hydrogen) atoms. The minimum absolute atomic E-state index is 0.284. The molecule has 0 saturated carbocycles. The molecule has 0 unspecified atom stereocenters. The first-order chi connectivity index (χ1) is 10.2. The van der Waals surface area contributed by atoms with E-state index < -0.39 is 0 Å². The average molecular weight is 285 g/mol. The molecule has 0 bridgehead atoms. The monoisotopic (exact) mass is 285 g/mol. The topological polar surface area (TPSA) is 32.7 Å². The van der Waals surface area contributed by atoms with Gasteiger partial charge in [0.25, 0.3) is 0 Å².